The number of nitro benzene ring substituents is 1. The molecule has 0 radical (unpaired) electrons. The molecular weight excluding hydrogens is 358 g/mol. The molecule has 2 aromatic rings. The lowest BCUT2D eigenvalue weighted by molar-refractivity contribution is -0.384. The van der Waals surface area contributed by atoms with Crippen LogP contribution in [0.4, 0.5) is 5.69 Å². The van der Waals surface area contributed by atoms with Crippen molar-refractivity contribution in [3.8, 4) is 0 Å². The normalized spacial score (nSPS) is 12.3. The Hall–Kier alpha value is -2.87. The van der Waals surface area contributed by atoms with E-state index in [0.717, 1.165) is 6.26 Å². The summed E-state index contributed by atoms with van der Waals surface area (Å²) in [5, 5.41) is 9.32. The smallest absolute Gasteiger partial charge is 0.269 e. The fourth-order valence-electron chi connectivity index (χ4n) is 2.50. The molecule has 0 aliphatic carbocycles. The fourth-order valence-corrected chi connectivity index (χ4v) is 3.57. The largest absolute Gasteiger partial charge is 0.294 e. The number of hydrogen-bond acceptors (Lipinski definition) is 6. The van der Waals surface area contributed by atoms with Crippen molar-refractivity contribution in [3.05, 3.63) is 75.8 Å². The van der Waals surface area contributed by atoms with E-state index in [1.54, 1.807) is 18.2 Å². The van der Waals surface area contributed by atoms with E-state index in [2.05, 4.69) is 0 Å². The maximum absolute atomic E-state index is 12.5. The minimum atomic E-state index is -3.70. The number of non-ortho nitro benzene ring substituents is 1. The van der Waals surface area contributed by atoms with Crippen molar-refractivity contribution in [2.45, 2.75) is 18.1 Å². The molecule has 0 saturated heterocycles. The number of benzene rings is 2. The molecular formula is C18H17NO6S. The van der Waals surface area contributed by atoms with Gasteiger partial charge in [0.05, 0.1) is 4.92 Å². The van der Waals surface area contributed by atoms with E-state index in [0.29, 0.717) is 0 Å². The second kappa shape index (κ2) is 8.01. The van der Waals surface area contributed by atoms with Gasteiger partial charge in [-0.25, -0.2) is 8.42 Å². The van der Waals surface area contributed by atoms with Crippen molar-refractivity contribution < 1.29 is 22.9 Å². The SMILES string of the molecule is CS(=O)(=O)[C@H](CCC(=O)c1ccc([N+](=O)[O-])cc1)C(=O)c1ccccc1. The second-order valence-electron chi connectivity index (χ2n) is 5.81. The van der Waals surface area contributed by atoms with Crippen molar-refractivity contribution >= 4 is 27.1 Å². The summed E-state index contributed by atoms with van der Waals surface area (Å²) in [6, 6.07) is 13.1. The quantitative estimate of drug-likeness (QED) is 0.398. The maximum Gasteiger partial charge on any atom is 0.269 e. The maximum atomic E-state index is 12.5. The van der Waals surface area contributed by atoms with Crippen LogP contribution in [0, 0.1) is 10.1 Å². The summed E-state index contributed by atoms with van der Waals surface area (Å²) < 4.78 is 24.0. The Balaban J connectivity index is 2.13. The number of ketones is 2. The third kappa shape index (κ3) is 4.82. The van der Waals surface area contributed by atoms with Crippen LogP contribution in [0.3, 0.4) is 0 Å². The van der Waals surface area contributed by atoms with Crippen LogP contribution in [0.1, 0.15) is 33.6 Å². The summed E-state index contributed by atoms with van der Waals surface area (Å²) in [7, 11) is -3.70. The molecule has 0 aliphatic rings. The van der Waals surface area contributed by atoms with Gasteiger partial charge < -0.3 is 0 Å². The molecule has 136 valence electrons. The molecule has 2 aromatic carbocycles. The first-order valence-corrected chi connectivity index (χ1v) is 9.71. The summed E-state index contributed by atoms with van der Waals surface area (Å²) in [5.41, 5.74) is 0.357. The first kappa shape index (κ1) is 19.5. The van der Waals surface area contributed by atoms with Gasteiger partial charge in [0.1, 0.15) is 5.25 Å². The van der Waals surface area contributed by atoms with Gasteiger partial charge in [-0.15, -0.1) is 0 Å². The van der Waals surface area contributed by atoms with E-state index < -0.39 is 25.8 Å². The zero-order valence-corrected chi connectivity index (χ0v) is 14.8. The molecule has 0 heterocycles. The van der Waals surface area contributed by atoms with Gasteiger partial charge in [0.15, 0.2) is 21.4 Å². The Morgan fingerprint density at radius 1 is 1.00 bits per heavy atom. The molecule has 7 nitrogen and oxygen atoms in total. The van der Waals surface area contributed by atoms with Crippen LogP contribution in [-0.4, -0.2) is 36.4 Å². The highest BCUT2D eigenvalue weighted by Gasteiger charge is 2.30. The third-order valence-corrected chi connectivity index (χ3v) is 5.38. The Kier molecular flexibility index (Phi) is 5.99. The zero-order valence-electron chi connectivity index (χ0n) is 14.0. The summed E-state index contributed by atoms with van der Waals surface area (Å²) in [5.74, 6) is -0.931. The van der Waals surface area contributed by atoms with Crippen LogP contribution in [0.5, 0.6) is 0 Å². The highest BCUT2D eigenvalue weighted by atomic mass is 32.2. The molecule has 0 fully saturated rings. The molecule has 0 spiro atoms. The second-order valence-corrected chi connectivity index (χ2v) is 8.04. The highest BCUT2D eigenvalue weighted by Crippen LogP contribution is 2.18. The van der Waals surface area contributed by atoms with Crippen molar-refractivity contribution in [3.63, 3.8) is 0 Å². The Labute approximate surface area is 150 Å². The van der Waals surface area contributed by atoms with Crippen LogP contribution in [0.15, 0.2) is 54.6 Å². The van der Waals surface area contributed by atoms with Gasteiger partial charge in [-0.3, -0.25) is 19.7 Å². The highest BCUT2D eigenvalue weighted by molar-refractivity contribution is 7.92. The lowest BCUT2D eigenvalue weighted by Crippen LogP contribution is -2.30. The van der Waals surface area contributed by atoms with Gasteiger partial charge in [-0.1, -0.05) is 30.3 Å². The molecule has 0 N–H and O–H groups in total. The molecule has 0 unspecified atom stereocenters. The Bertz CT molecular complexity index is 920. The van der Waals surface area contributed by atoms with Crippen LogP contribution < -0.4 is 0 Å². The molecule has 0 bridgehead atoms. The number of hydrogen-bond donors (Lipinski definition) is 0. The predicted octanol–water partition coefficient (Wildman–Crippen LogP) is 2.85. The lowest BCUT2D eigenvalue weighted by atomic mass is 10.0. The van der Waals surface area contributed by atoms with Crippen molar-refractivity contribution in [1.82, 2.24) is 0 Å². The number of sulfone groups is 1. The average Bonchev–Trinajstić information content (AvgIpc) is 2.61. The molecule has 2 rings (SSSR count). The zero-order chi connectivity index (χ0) is 19.3. The van der Waals surface area contributed by atoms with Gasteiger partial charge in [0.2, 0.25) is 0 Å². The monoisotopic (exact) mass is 375 g/mol. The molecule has 0 aromatic heterocycles. The Morgan fingerprint density at radius 2 is 1.58 bits per heavy atom. The van der Waals surface area contributed by atoms with Crippen LogP contribution in [0.25, 0.3) is 0 Å². The number of nitro groups is 1. The van der Waals surface area contributed by atoms with Crippen molar-refractivity contribution in [1.29, 1.82) is 0 Å². The predicted molar refractivity (Wildman–Crippen MR) is 96.1 cm³/mol. The Morgan fingerprint density at radius 3 is 2.08 bits per heavy atom. The minimum absolute atomic E-state index is 0.144. The number of Topliss-reactive ketones (excluding diaryl/α,β-unsaturated/α-hetero) is 2. The number of carbonyl (C=O) groups excluding carboxylic acids is 2. The van der Waals surface area contributed by atoms with Gasteiger partial charge in [0.25, 0.3) is 5.69 Å². The van der Waals surface area contributed by atoms with E-state index in [-0.39, 0.29) is 35.4 Å². The van der Waals surface area contributed by atoms with Crippen LogP contribution in [-0.2, 0) is 9.84 Å². The number of nitrogens with zero attached hydrogens (tertiary/aromatic N) is 1. The van der Waals surface area contributed by atoms with E-state index in [4.69, 9.17) is 0 Å². The molecule has 8 heteroatoms. The van der Waals surface area contributed by atoms with E-state index in [1.807, 2.05) is 0 Å². The lowest BCUT2D eigenvalue weighted by Gasteiger charge is -2.13. The summed E-state index contributed by atoms with van der Waals surface area (Å²) >= 11 is 0. The van der Waals surface area contributed by atoms with Crippen molar-refractivity contribution in [2.24, 2.45) is 0 Å². The standard InChI is InChI=1S/C18H17NO6S/c1-26(24,25)17(18(21)14-5-3-2-4-6-14)12-11-16(20)13-7-9-15(10-8-13)19(22)23/h2-10,17H,11-12H2,1H3/t17-/m1/s1. The molecule has 0 saturated carbocycles. The third-order valence-electron chi connectivity index (χ3n) is 3.90. The fraction of sp³-hybridized carbons (Fsp3) is 0.222. The van der Waals surface area contributed by atoms with Crippen LogP contribution >= 0.6 is 0 Å². The number of carbonyl (C=O) groups is 2. The first-order chi connectivity index (χ1) is 12.2. The molecule has 0 aliphatic heterocycles. The van der Waals surface area contributed by atoms with Gasteiger partial charge in [0, 0.05) is 35.9 Å². The van der Waals surface area contributed by atoms with Gasteiger partial charge in [-0.05, 0) is 18.6 Å². The topological polar surface area (TPSA) is 111 Å². The summed E-state index contributed by atoms with van der Waals surface area (Å²) in [6.07, 6.45) is 0.658. The summed E-state index contributed by atoms with van der Waals surface area (Å²) in [6.45, 7) is 0. The number of rotatable bonds is 8. The minimum Gasteiger partial charge on any atom is -0.294 e. The van der Waals surface area contributed by atoms with Gasteiger partial charge in [-0.2, -0.15) is 0 Å². The van der Waals surface area contributed by atoms with Crippen molar-refractivity contribution in [2.75, 3.05) is 6.26 Å². The van der Waals surface area contributed by atoms with E-state index in [9.17, 15) is 28.1 Å². The first-order valence-electron chi connectivity index (χ1n) is 7.76. The van der Waals surface area contributed by atoms with Gasteiger partial charge >= 0.3 is 0 Å². The molecule has 26 heavy (non-hydrogen) atoms. The van der Waals surface area contributed by atoms with E-state index >= 15 is 0 Å². The average molecular weight is 375 g/mol. The molecule has 1 atom stereocenters. The van der Waals surface area contributed by atoms with E-state index in [1.165, 1.54) is 36.4 Å². The molecule has 0 amide bonds. The summed E-state index contributed by atoms with van der Waals surface area (Å²) in [4.78, 5) is 34.8. The van der Waals surface area contributed by atoms with Crippen LogP contribution in [0.2, 0.25) is 0 Å².